The number of fused-ring (bicyclic) bond motifs is 3. The van der Waals surface area contributed by atoms with Crippen LogP contribution in [0.1, 0.15) is 31.9 Å². The molecule has 1 N–H and O–H groups in total. The largest absolute Gasteiger partial charge is 0.358 e. The van der Waals surface area contributed by atoms with Crippen LogP contribution in [0.3, 0.4) is 0 Å². The molecule has 2 aromatic heterocycles. The lowest BCUT2D eigenvalue weighted by Gasteiger charge is -2.05. The minimum absolute atomic E-state index is 0.962. The summed E-state index contributed by atoms with van der Waals surface area (Å²) in [7, 11) is 0. The topological polar surface area (TPSA) is 41.6 Å². The number of rotatable bonds is 4. The van der Waals surface area contributed by atoms with E-state index in [1.165, 1.54) is 30.3 Å². The summed E-state index contributed by atoms with van der Waals surface area (Å²) in [5, 5.41) is 10.4. The van der Waals surface area contributed by atoms with Crippen molar-refractivity contribution in [2.45, 2.75) is 32.6 Å². The Kier molecular flexibility index (Phi) is 2.97. The maximum atomic E-state index is 4.10. The van der Waals surface area contributed by atoms with Gasteiger partial charge in [0, 0.05) is 11.1 Å². The third-order valence-electron chi connectivity index (χ3n) is 3.41. The Balaban J connectivity index is 2.03. The van der Waals surface area contributed by atoms with Crippen LogP contribution in [-0.2, 0) is 6.42 Å². The lowest BCUT2D eigenvalue weighted by molar-refractivity contribution is 0.709. The first-order valence-electron chi connectivity index (χ1n) is 6.60. The maximum Gasteiger partial charge on any atom is 0.0966 e. The monoisotopic (exact) mass is 239 g/mol. The first-order chi connectivity index (χ1) is 8.88. The number of unbranched alkanes of at least 4 members (excludes halogenated alkanes) is 2. The molecule has 0 spiro atoms. The Hall–Kier alpha value is -1.90. The number of hydrogen-bond acceptors (Lipinski definition) is 2. The number of aromatic nitrogens is 3. The highest BCUT2D eigenvalue weighted by Crippen LogP contribution is 2.22. The summed E-state index contributed by atoms with van der Waals surface area (Å²) in [6, 6.07) is 8.49. The van der Waals surface area contributed by atoms with E-state index >= 15 is 0 Å². The van der Waals surface area contributed by atoms with Crippen LogP contribution in [0.15, 0.2) is 30.5 Å². The zero-order valence-electron chi connectivity index (χ0n) is 10.6. The van der Waals surface area contributed by atoms with E-state index in [2.05, 4.69) is 40.3 Å². The van der Waals surface area contributed by atoms with Gasteiger partial charge in [-0.2, -0.15) is 10.2 Å². The number of nitrogens with one attached hydrogen (secondary N) is 1. The molecule has 0 aliphatic carbocycles. The molecule has 18 heavy (non-hydrogen) atoms. The predicted molar refractivity (Wildman–Crippen MR) is 74.6 cm³/mol. The van der Waals surface area contributed by atoms with Gasteiger partial charge in [-0.15, -0.1) is 0 Å². The number of aromatic amines is 1. The fourth-order valence-electron chi connectivity index (χ4n) is 2.37. The molecular weight excluding hydrogens is 222 g/mol. The van der Waals surface area contributed by atoms with Gasteiger partial charge >= 0.3 is 0 Å². The van der Waals surface area contributed by atoms with Gasteiger partial charge < -0.3 is 4.98 Å². The van der Waals surface area contributed by atoms with Crippen LogP contribution in [-0.4, -0.2) is 15.2 Å². The van der Waals surface area contributed by atoms with Gasteiger partial charge in [0.2, 0.25) is 0 Å². The van der Waals surface area contributed by atoms with Gasteiger partial charge in [0.05, 0.1) is 17.2 Å². The van der Waals surface area contributed by atoms with E-state index in [-0.39, 0.29) is 0 Å². The molecule has 0 amide bonds. The van der Waals surface area contributed by atoms with Gasteiger partial charge in [-0.3, -0.25) is 0 Å². The van der Waals surface area contributed by atoms with Gasteiger partial charge in [-0.25, -0.2) is 0 Å². The number of aryl methyl sites for hydroxylation is 1. The molecule has 0 aliphatic heterocycles. The summed E-state index contributed by atoms with van der Waals surface area (Å²) in [5.41, 5.74) is 3.42. The molecule has 2 heterocycles. The summed E-state index contributed by atoms with van der Waals surface area (Å²) < 4.78 is 0. The van der Waals surface area contributed by atoms with E-state index in [4.69, 9.17) is 0 Å². The van der Waals surface area contributed by atoms with Crippen molar-refractivity contribution in [3.63, 3.8) is 0 Å². The van der Waals surface area contributed by atoms with Gasteiger partial charge in [0.15, 0.2) is 0 Å². The van der Waals surface area contributed by atoms with Gasteiger partial charge in [0.25, 0.3) is 0 Å². The van der Waals surface area contributed by atoms with Crippen LogP contribution in [0.5, 0.6) is 0 Å². The Morgan fingerprint density at radius 2 is 2.00 bits per heavy atom. The van der Waals surface area contributed by atoms with Crippen LogP contribution in [0.25, 0.3) is 21.8 Å². The first-order valence-corrected chi connectivity index (χ1v) is 6.60. The van der Waals surface area contributed by atoms with Crippen molar-refractivity contribution in [3.8, 4) is 0 Å². The second kappa shape index (κ2) is 4.77. The molecule has 0 bridgehead atoms. The number of nitrogens with zero attached hydrogens (tertiary/aromatic N) is 2. The predicted octanol–water partition coefficient (Wildman–Crippen LogP) is 3.84. The van der Waals surface area contributed by atoms with Crippen LogP contribution in [0.2, 0.25) is 0 Å². The molecule has 0 fully saturated rings. The average Bonchev–Trinajstić information content (AvgIpc) is 2.87. The summed E-state index contributed by atoms with van der Waals surface area (Å²) in [6.45, 7) is 2.23. The van der Waals surface area contributed by atoms with Crippen molar-refractivity contribution in [2.24, 2.45) is 0 Å². The molecule has 3 nitrogen and oxygen atoms in total. The van der Waals surface area contributed by atoms with Gasteiger partial charge in [0.1, 0.15) is 0 Å². The molecule has 0 aliphatic rings. The highest BCUT2D eigenvalue weighted by atomic mass is 15.1. The quantitative estimate of drug-likeness (QED) is 0.703. The third-order valence-corrected chi connectivity index (χ3v) is 3.41. The Morgan fingerprint density at radius 3 is 2.89 bits per heavy atom. The van der Waals surface area contributed by atoms with Crippen LogP contribution < -0.4 is 0 Å². The van der Waals surface area contributed by atoms with Gasteiger partial charge in [-0.1, -0.05) is 31.9 Å². The van der Waals surface area contributed by atoms with E-state index in [1.54, 1.807) is 0 Å². The zero-order chi connectivity index (χ0) is 12.4. The minimum atomic E-state index is 0.962. The molecule has 0 unspecified atom stereocenters. The SMILES string of the molecule is CCCCCc1ccc2ccc3nncc3c2[nH]1. The second-order valence-electron chi connectivity index (χ2n) is 4.75. The van der Waals surface area contributed by atoms with E-state index in [1.807, 2.05) is 12.3 Å². The van der Waals surface area contributed by atoms with Crippen LogP contribution >= 0.6 is 0 Å². The molecule has 1 aromatic carbocycles. The number of pyridine rings is 1. The Morgan fingerprint density at radius 1 is 1.11 bits per heavy atom. The number of benzene rings is 1. The molecule has 3 rings (SSSR count). The fraction of sp³-hybridized carbons (Fsp3) is 0.333. The molecule has 0 radical (unpaired) electrons. The highest BCUT2D eigenvalue weighted by molar-refractivity contribution is 6.03. The zero-order valence-corrected chi connectivity index (χ0v) is 10.6. The molecule has 92 valence electrons. The van der Waals surface area contributed by atoms with Crippen molar-refractivity contribution in [2.75, 3.05) is 0 Å². The molecule has 0 saturated carbocycles. The normalized spacial score (nSPS) is 11.4. The summed E-state index contributed by atoms with van der Waals surface area (Å²) in [6.07, 6.45) is 6.74. The number of hydrogen-bond donors (Lipinski definition) is 1. The molecule has 0 saturated heterocycles. The number of H-pyrrole nitrogens is 1. The van der Waals surface area contributed by atoms with Crippen molar-refractivity contribution in [3.05, 3.63) is 36.2 Å². The summed E-state index contributed by atoms with van der Waals surface area (Å²) in [4.78, 5) is 3.53. The Bertz CT molecular complexity index is 670. The van der Waals surface area contributed by atoms with E-state index in [9.17, 15) is 0 Å². The lowest BCUT2D eigenvalue weighted by Crippen LogP contribution is -1.91. The van der Waals surface area contributed by atoms with Crippen LogP contribution in [0.4, 0.5) is 0 Å². The minimum Gasteiger partial charge on any atom is -0.358 e. The first kappa shape index (κ1) is 11.2. The van der Waals surface area contributed by atoms with Crippen LogP contribution in [0, 0.1) is 0 Å². The summed E-state index contributed by atoms with van der Waals surface area (Å²) >= 11 is 0. The molecular formula is C15H17N3. The second-order valence-corrected chi connectivity index (χ2v) is 4.75. The Labute approximate surface area is 106 Å². The van der Waals surface area contributed by atoms with Crippen molar-refractivity contribution in [1.29, 1.82) is 0 Å². The van der Waals surface area contributed by atoms with Crippen molar-refractivity contribution in [1.82, 2.24) is 15.2 Å². The van der Waals surface area contributed by atoms with E-state index in [0.29, 0.717) is 0 Å². The van der Waals surface area contributed by atoms with Gasteiger partial charge in [-0.05, 0) is 30.4 Å². The smallest absolute Gasteiger partial charge is 0.0966 e. The maximum absolute atomic E-state index is 4.10. The van der Waals surface area contributed by atoms with E-state index in [0.717, 1.165) is 22.8 Å². The fourth-order valence-corrected chi connectivity index (χ4v) is 2.37. The lowest BCUT2D eigenvalue weighted by atomic mass is 10.1. The molecule has 3 aromatic rings. The van der Waals surface area contributed by atoms with E-state index < -0.39 is 0 Å². The van der Waals surface area contributed by atoms with Crippen molar-refractivity contribution >= 4 is 21.8 Å². The molecule has 0 atom stereocenters. The standard InChI is InChI=1S/C15H17N3/c1-2-3-4-5-12-8-6-11-7-9-14-13(10-16-18-14)15(11)17-12/h6-10,17H,2-5H2,1H3. The van der Waals surface area contributed by atoms with Crippen molar-refractivity contribution < 1.29 is 0 Å². The summed E-state index contributed by atoms with van der Waals surface area (Å²) in [5.74, 6) is 0. The average molecular weight is 239 g/mol. The third kappa shape index (κ3) is 1.96. The highest BCUT2D eigenvalue weighted by Gasteiger charge is 2.04. The molecule has 3 heteroatoms.